The van der Waals surface area contributed by atoms with E-state index in [2.05, 4.69) is 25.4 Å². The van der Waals surface area contributed by atoms with E-state index in [9.17, 15) is 0 Å². The number of aliphatic hydroxyl groups is 1. The summed E-state index contributed by atoms with van der Waals surface area (Å²) in [5.74, 6) is 1.23. The van der Waals surface area contributed by atoms with Crippen LogP contribution >= 0.6 is 0 Å². The number of nitrogens with zero attached hydrogens (tertiary/aromatic N) is 3. The van der Waals surface area contributed by atoms with Gasteiger partial charge in [0.25, 0.3) is 0 Å². The second kappa shape index (κ2) is 4.59. The molecule has 1 aromatic heterocycles. The Bertz CT molecular complexity index is 305. The summed E-state index contributed by atoms with van der Waals surface area (Å²) >= 11 is 0. The van der Waals surface area contributed by atoms with Crippen molar-refractivity contribution >= 4 is 5.95 Å². The highest BCUT2D eigenvalue weighted by Gasteiger charge is 2.20. The summed E-state index contributed by atoms with van der Waals surface area (Å²) in [6.45, 7) is 1.85. The largest absolute Gasteiger partial charge is 0.388 e. The fourth-order valence-electron chi connectivity index (χ4n) is 1.87. The van der Waals surface area contributed by atoms with Gasteiger partial charge < -0.3 is 15.3 Å². The van der Waals surface area contributed by atoms with Crippen LogP contribution in [0, 0.1) is 0 Å². The Balaban J connectivity index is 1.95. The van der Waals surface area contributed by atoms with Crippen LogP contribution < -0.4 is 10.2 Å². The maximum atomic E-state index is 8.87. The first-order chi connectivity index (χ1) is 7.33. The fraction of sp³-hybridized carbons (Fsp3) is 0.778. The van der Waals surface area contributed by atoms with Crippen LogP contribution in [0.1, 0.15) is 18.7 Å². The van der Waals surface area contributed by atoms with E-state index >= 15 is 0 Å². The maximum absolute atomic E-state index is 8.87. The number of hydrogen-bond donors (Lipinski definition) is 3. The smallest absolute Gasteiger partial charge is 0.244 e. The van der Waals surface area contributed by atoms with Crippen molar-refractivity contribution in [1.82, 2.24) is 20.5 Å². The Morgan fingerprint density at radius 1 is 1.53 bits per heavy atom. The lowest BCUT2D eigenvalue weighted by Gasteiger charge is -2.30. The standard InChI is InChI=1S/C9H17N5O/c1-10-7-2-4-14(5-3-7)9-11-8(6-15)12-13-9/h7,10,15H,2-6H2,1H3,(H,11,12,13). The molecule has 0 amide bonds. The molecule has 1 aliphatic rings. The molecule has 2 rings (SSSR count). The first-order valence-corrected chi connectivity index (χ1v) is 5.28. The van der Waals surface area contributed by atoms with Crippen molar-refractivity contribution in [1.29, 1.82) is 0 Å². The molecule has 6 heteroatoms. The van der Waals surface area contributed by atoms with E-state index in [0.717, 1.165) is 25.9 Å². The number of aromatic amines is 1. The number of aromatic nitrogens is 3. The van der Waals surface area contributed by atoms with Crippen molar-refractivity contribution in [2.75, 3.05) is 25.0 Å². The molecule has 0 atom stereocenters. The van der Waals surface area contributed by atoms with Crippen molar-refractivity contribution < 1.29 is 5.11 Å². The van der Waals surface area contributed by atoms with Gasteiger partial charge in [-0.25, -0.2) is 0 Å². The summed E-state index contributed by atoms with van der Waals surface area (Å²) in [5, 5.41) is 18.9. The average Bonchev–Trinajstić information content (AvgIpc) is 2.78. The number of rotatable bonds is 3. The van der Waals surface area contributed by atoms with Crippen molar-refractivity contribution in [3.05, 3.63) is 5.82 Å². The molecule has 1 aromatic rings. The van der Waals surface area contributed by atoms with Crippen molar-refractivity contribution in [3.63, 3.8) is 0 Å². The van der Waals surface area contributed by atoms with Crippen molar-refractivity contribution in [2.45, 2.75) is 25.5 Å². The summed E-state index contributed by atoms with van der Waals surface area (Å²) in [5.41, 5.74) is 0. The molecule has 1 fully saturated rings. The van der Waals surface area contributed by atoms with E-state index in [1.165, 1.54) is 0 Å². The van der Waals surface area contributed by atoms with Gasteiger partial charge in [-0.15, -0.1) is 5.10 Å². The minimum atomic E-state index is -0.0834. The van der Waals surface area contributed by atoms with Gasteiger partial charge in [0.2, 0.25) is 5.95 Å². The lowest BCUT2D eigenvalue weighted by atomic mass is 10.1. The van der Waals surface area contributed by atoms with Crippen LogP contribution in [-0.2, 0) is 6.61 Å². The van der Waals surface area contributed by atoms with E-state index in [4.69, 9.17) is 5.11 Å². The van der Waals surface area contributed by atoms with E-state index in [-0.39, 0.29) is 6.61 Å². The molecular weight excluding hydrogens is 194 g/mol. The summed E-state index contributed by atoms with van der Waals surface area (Å²) in [6.07, 6.45) is 2.22. The third-order valence-electron chi connectivity index (χ3n) is 2.86. The molecule has 2 heterocycles. The van der Waals surface area contributed by atoms with Gasteiger partial charge >= 0.3 is 0 Å². The lowest BCUT2D eigenvalue weighted by molar-refractivity contribution is 0.272. The van der Waals surface area contributed by atoms with Crippen LogP contribution in [0.15, 0.2) is 0 Å². The number of H-pyrrole nitrogens is 1. The molecule has 0 unspecified atom stereocenters. The first-order valence-electron chi connectivity index (χ1n) is 5.28. The number of anilines is 1. The Morgan fingerprint density at radius 2 is 2.27 bits per heavy atom. The highest BCUT2D eigenvalue weighted by molar-refractivity contribution is 5.29. The highest BCUT2D eigenvalue weighted by Crippen LogP contribution is 2.15. The van der Waals surface area contributed by atoms with Gasteiger partial charge in [-0.2, -0.15) is 4.98 Å². The fourth-order valence-corrected chi connectivity index (χ4v) is 1.87. The lowest BCUT2D eigenvalue weighted by Crippen LogP contribution is -2.41. The van der Waals surface area contributed by atoms with Gasteiger partial charge in [-0.1, -0.05) is 0 Å². The Labute approximate surface area is 88.7 Å². The quantitative estimate of drug-likeness (QED) is 0.627. The van der Waals surface area contributed by atoms with Gasteiger partial charge in [0.1, 0.15) is 6.61 Å². The number of nitrogens with one attached hydrogen (secondary N) is 2. The zero-order valence-electron chi connectivity index (χ0n) is 8.90. The predicted molar refractivity (Wildman–Crippen MR) is 56.6 cm³/mol. The molecule has 0 aromatic carbocycles. The molecule has 0 saturated carbocycles. The normalized spacial score (nSPS) is 18.4. The molecule has 6 nitrogen and oxygen atoms in total. The van der Waals surface area contributed by atoms with E-state index in [0.29, 0.717) is 17.8 Å². The molecule has 0 aliphatic carbocycles. The van der Waals surface area contributed by atoms with Crippen LogP contribution in [0.5, 0.6) is 0 Å². The molecule has 84 valence electrons. The van der Waals surface area contributed by atoms with Crippen LogP contribution in [0.4, 0.5) is 5.95 Å². The average molecular weight is 211 g/mol. The molecule has 0 radical (unpaired) electrons. The zero-order valence-corrected chi connectivity index (χ0v) is 8.90. The second-order valence-electron chi connectivity index (χ2n) is 3.79. The van der Waals surface area contributed by atoms with Gasteiger partial charge in [-0.05, 0) is 19.9 Å². The third-order valence-corrected chi connectivity index (χ3v) is 2.86. The minimum absolute atomic E-state index is 0.0834. The highest BCUT2D eigenvalue weighted by atomic mass is 16.3. The van der Waals surface area contributed by atoms with E-state index in [1.54, 1.807) is 0 Å². The molecule has 1 saturated heterocycles. The number of aliphatic hydroxyl groups excluding tert-OH is 1. The van der Waals surface area contributed by atoms with Crippen LogP contribution in [0.2, 0.25) is 0 Å². The molecular formula is C9H17N5O. The maximum Gasteiger partial charge on any atom is 0.244 e. The van der Waals surface area contributed by atoms with E-state index in [1.807, 2.05) is 7.05 Å². The summed E-state index contributed by atoms with van der Waals surface area (Å²) < 4.78 is 0. The summed E-state index contributed by atoms with van der Waals surface area (Å²) in [6, 6.07) is 0.609. The third kappa shape index (κ3) is 2.27. The van der Waals surface area contributed by atoms with Crippen molar-refractivity contribution in [2.24, 2.45) is 0 Å². The SMILES string of the molecule is CNC1CCN(c2n[nH]c(CO)n2)CC1. The first kappa shape index (κ1) is 10.4. The summed E-state index contributed by atoms with van der Waals surface area (Å²) in [7, 11) is 2.00. The van der Waals surface area contributed by atoms with Gasteiger partial charge in [0.15, 0.2) is 5.82 Å². The Hall–Kier alpha value is -1.14. The zero-order chi connectivity index (χ0) is 10.7. The Kier molecular flexibility index (Phi) is 3.17. The van der Waals surface area contributed by atoms with Crippen molar-refractivity contribution in [3.8, 4) is 0 Å². The van der Waals surface area contributed by atoms with Crippen LogP contribution in [0.3, 0.4) is 0 Å². The van der Waals surface area contributed by atoms with Gasteiger partial charge in [0, 0.05) is 19.1 Å². The molecule has 0 bridgehead atoms. The van der Waals surface area contributed by atoms with Crippen LogP contribution in [-0.4, -0.2) is 46.5 Å². The van der Waals surface area contributed by atoms with Gasteiger partial charge in [-0.3, -0.25) is 5.10 Å². The summed E-state index contributed by atoms with van der Waals surface area (Å²) in [4.78, 5) is 6.33. The van der Waals surface area contributed by atoms with E-state index < -0.39 is 0 Å². The van der Waals surface area contributed by atoms with Crippen LogP contribution in [0.25, 0.3) is 0 Å². The topological polar surface area (TPSA) is 77.1 Å². The molecule has 15 heavy (non-hydrogen) atoms. The predicted octanol–water partition coefficient (Wildman–Crippen LogP) is -0.515. The molecule has 3 N–H and O–H groups in total. The minimum Gasteiger partial charge on any atom is -0.388 e. The monoisotopic (exact) mass is 211 g/mol. The number of hydrogen-bond acceptors (Lipinski definition) is 5. The molecule has 0 spiro atoms. The number of piperidine rings is 1. The molecule has 1 aliphatic heterocycles. The second-order valence-corrected chi connectivity index (χ2v) is 3.79. The van der Waals surface area contributed by atoms with Gasteiger partial charge in [0.05, 0.1) is 0 Å². The Morgan fingerprint density at radius 3 is 2.80 bits per heavy atom.